The molecule has 62 valence electrons. The van der Waals surface area contributed by atoms with E-state index < -0.39 is 0 Å². The SMILES string of the molecule is C=CC1=C(O)C(=C)/C(=C\C)C1=O. The van der Waals surface area contributed by atoms with Crippen molar-refractivity contribution >= 4 is 5.78 Å². The molecule has 0 radical (unpaired) electrons. The van der Waals surface area contributed by atoms with Crippen LogP contribution in [0.3, 0.4) is 0 Å². The van der Waals surface area contributed by atoms with Crippen LogP contribution in [0.1, 0.15) is 6.92 Å². The molecule has 0 aromatic rings. The molecule has 0 spiro atoms. The summed E-state index contributed by atoms with van der Waals surface area (Å²) in [6.45, 7) is 8.76. The van der Waals surface area contributed by atoms with Crippen LogP contribution in [-0.2, 0) is 4.79 Å². The second-order valence-corrected chi connectivity index (χ2v) is 2.48. The number of aliphatic hydroxyl groups is 1. The van der Waals surface area contributed by atoms with Crippen molar-refractivity contribution in [1.82, 2.24) is 0 Å². The highest BCUT2D eigenvalue weighted by atomic mass is 16.3. The first kappa shape index (κ1) is 8.53. The first-order valence-electron chi connectivity index (χ1n) is 3.59. The van der Waals surface area contributed by atoms with Crippen LogP contribution in [0, 0.1) is 0 Å². The van der Waals surface area contributed by atoms with Crippen LogP contribution < -0.4 is 0 Å². The number of carbonyl (C=O) groups excluding carboxylic acids is 1. The summed E-state index contributed by atoms with van der Waals surface area (Å²) in [6, 6.07) is 0. The van der Waals surface area contributed by atoms with Crippen molar-refractivity contribution in [3.63, 3.8) is 0 Å². The molecule has 0 fully saturated rings. The fraction of sp³-hybridized carbons (Fsp3) is 0.100. The third kappa shape index (κ3) is 0.925. The summed E-state index contributed by atoms with van der Waals surface area (Å²) in [6.07, 6.45) is 2.98. The standard InChI is InChI=1S/C10H10O2/c1-4-7-6(3)9(11)8(5-2)10(7)12/h4-5,11H,2-3H2,1H3/b7-4+. The van der Waals surface area contributed by atoms with Gasteiger partial charge in [0.05, 0.1) is 5.57 Å². The molecule has 0 heterocycles. The molecule has 0 unspecified atom stereocenters. The summed E-state index contributed by atoms with van der Waals surface area (Å²) in [4.78, 5) is 11.4. The minimum atomic E-state index is -0.199. The normalized spacial score (nSPS) is 20.9. The number of Topliss-reactive ketones (excluding diaryl/α,β-unsaturated/α-hetero) is 1. The van der Waals surface area contributed by atoms with Gasteiger partial charge in [-0.2, -0.15) is 0 Å². The van der Waals surface area contributed by atoms with Crippen molar-refractivity contribution in [3.8, 4) is 0 Å². The highest BCUT2D eigenvalue weighted by Gasteiger charge is 2.28. The van der Waals surface area contributed by atoms with Crippen LogP contribution in [0.25, 0.3) is 0 Å². The number of allylic oxidation sites excluding steroid dienone is 4. The fourth-order valence-corrected chi connectivity index (χ4v) is 1.17. The van der Waals surface area contributed by atoms with E-state index in [1.165, 1.54) is 6.08 Å². The summed E-state index contributed by atoms with van der Waals surface area (Å²) in [5.41, 5.74) is 1.09. The Kier molecular flexibility index (Phi) is 2.00. The highest BCUT2D eigenvalue weighted by molar-refractivity contribution is 6.17. The van der Waals surface area contributed by atoms with Crippen LogP contribution in [0.5, 0.6) is 0 Å². The maximum atomic E-state index is 11.4. The minimum absolute atomic E-state index is 0.0527. The van der Waals surface area contributed by atoms with Gasteiger partial charge in [0.15, 0.2) is 5.78 Å². The zero-order chi connectivity index (χ0) is 9.30. The van der Waals surface area contributed by atoms with Gasteiger partial charge in [0.1, 0.15) is 5.76 Å². The Bertz CT molecular complexity index is 330. The molecule has 0 saturated carbocycles. The summed E-state index contributed by atoms with van der Waals surface area (Å²) >= 11 is 0. The Morgan fingerprint density at radius 1 is 1.50 bits per heavy atom. The van der Waals surface area contributed by atoms with Crippen molar-refractivity contribution in [3.05, 3.63) is 47.8 Å². The number of rotatable bonds is 1. The lowest BCUT2D eigenvalue weighted by Gasteiger charge is -1.94. The molecule has 1 aliphatic rings. The molecule has 0 bridgehead atoms. The zero-order valence-corrected chi connectivity index (χ0v) is 6.92. The third-order valence-electron chi connectivity index (χ3n) is 1.85. The summed E-state index contributed by atoms with van der Waals surface area (Å²) in [7, 11) is 0. The van der Waals surface area contributed by atoms with Crippen molar-refractivity contribution in [2.24, 2.45) is 0 Å². The molecule has 0 aromatic carbocycles. The molecular weight excluding hydrogens is 152 g/mol. The van der Waals surface area contributed by atoms with Gasteiger partial charge in [-0.25, -0.2) is 0 Å². The highest BCUT2D eigenvalue weighted by Crippen LogP contribution is 2.30. The van der Waals surface area contributed by atoms with Gasteiger partial charge < -0.3 is 5.11 Å². The van der Waals surface area contributed by atoms with Crippen molar-refractivity contribution in [1.29, 1.82) is 0 Å². The predicted octanol–water partition coefficient (Wildman–Crippen LogP) is 2.07. The second kappa shape index (κ2) is 2.81. The largest absolute Gasteiger partial charge is 0.507 e. The first-order chi connectivity index (χ1) is 5.63. The van der Waals surface area contributed by atoms with Crippen LogP contribution in [-0.4, -0.2) is 10.9 Å². The maximum Gasteiger partial charge on any atom is 0.197 e. The van der Waals surface area contributed by atoms with E-state index in [1.54, 1.807) is 13.0 Å². The molecule has 1 rings (SSSR count). The predicted molar refractivity (Wildman–Crippen MR) is 47.8 cm³/mol. The molecule has 2 nitrogen and oxygen atoms in total. The fourth-order valence-electron chi connectivity index (χ4n) is 1.17. The molecule has 2 heteroatoms. The van der Waals surface area contributed by atoms with Gasteiger partial charge in [0, 0.05) is 11.1 Å². The average molecular weight is 162 g/mol. The van der Waals surface area contributed by atoms with E-state index in [0.717, 1.165) is 0 Å². The average Bonchev–Trinajstić information content (AvgIpc) is 2.25. The summed E-state index contributed by atoms with van der Waals surface area (Å²) in [5, 5.41) is 9.38. The molecule has 12 heavy (non-hydrogen) atoms. The number of aliphatic hydroxyl groups excluding tert-OH is 1. The Morgan fingerprint density at radius 2 is 2.08 bits per heavy atom. The second-order valence-electron chi connectivity index (χ2n) is 2.48. The van der Waals surface area contributed by atoms with Crippen LogP contribution in [0.4, 0.5) is 0 Å². The lowest BCUT2D eigenvalue weighted by molar-refractivity contribution is -0.111. The van der Waals surface area contributed by atoms with E-state index in [-0.39, 0.29) is 17.1 Å². The third-order valence-corrected chi connectivity index (χ3v) is 1.85. The van der Waals surface area contributed by atoms with E-state index in [4.69, 9.17) is 0 Å². The maximum absolute atomic E-state index is 11.4. The first-order valence-corrected chi connectivity index (χ1v) is 3.59. The van der Waals surface area contributed by atoms with Crippen LogP contribution in [0.15, 0.2) is 47.8 Å². The molecule has 0 atom stereocenters. The molecule has 0 aliphatic heterocycles. The quantitative estimate of drug-likeness (QED) is 0.599. The lowest BCUT2D eigenvalue weighted by atomic mass is 10.1. The van der Waals surface area contributed by atoms with Gasteiger partial charge in [0.2, 0.25) is 0 Å². The number of hydrogen-bond acceptors (Lipinski definition) is 2. The molecule has 0 aromatic heterocycles. The number of carbonyl (C=O) groups is 1. The van der Waals surface area contributed by atoms with Gasteiger partial charge in [-0.1, -0.05) is 25.3 Å². The Morgan fingerprint density at radius 3 is 2.33 bits per heavy atom. The molecule has 0 saturated heterocycles. The minimum Gasteiger partial charge on any atom is -0.507 e. The van der Waals surface area contributed by atoms with Crippen molar-refractivity contribution in [2.75, 3.05) is 0 Å². The van der Waals surface area contributed by atoms with E-state index in [0.29, 0.717) is 11.1 Å². The lowest BCUT2D eigenvalue weighted by Crippen LogP contribution is -1.96. The topological polar surface area (TPSA) is 37.3 Å². The summed E-state index contributed by atoms with van der Waals surface area (Å²) < 4.78 is 0. The Balaban J connectivity index is 3.29. The molecule has 0 amide bonds. The number of ketones is 1. The van der Waals surface area contributed by atoms with Crippen LogP contribution in [0.2, 0.25) is 0 Å². The van der Waals surface area contributed by atoms with Gasteiger partial charge in [0.25, 0.3) is 0 Å². The van der Waals surface area contributed by atoms with Gasteiger partial charge in [-0.15, -0.1) is 0 Å². The molecule has 1 aliphatic carbocycles. The zero-order valence-electron chi connectivity index (χ0n) is 6.92. The van der Waals surface area contributed by atoms with Gasteiger partial charge in [-0.3, -0.25) is 4.79 Å². The van der Waals surface area contributed by atoms with Crippen molar-refractivity contribution < 1.29 is 9.90 Å². The summed E-state index contributed by atoms with van der Waals surface area (Å²) in [5.74, 6) is -0.252. The van der Waals surface area contributed by atoms with E-state index in [2.05, 4.69) is 13.2 Å². The van der Waals surface area contributed by atoms with Crippen molar-refractivity contribution in [2.45, 2.75) is 6.92 Å². The Hall–Kier alpha value is -1.57. The van der Waals surface area contributed by atoms with Gasteiger partial charge in [-0.05, 0) is 6.92 Å². The van der Waals surface area contributed by atoms with E-state index >= 15 is 0 Å². The molecule has 1 N–H and O–H groups in total. The number of hydrogen-bond donors (Lipinski definition) is 1. The van der Waals surface area contributed by atoms with Gasteiger partial charge >= 0.3 is 0 Å². The van der Waals surface area contributed by atoms with E-state index in [9.17, 15) is 9.90 Å². The van der Waals surface area contributed by atoms with E-state index in [1.807, 2.05) is 0 Å². The smallest absolute Gasteiger partial charge is 0.197 e. The monoisotopic (exact) mass is 162 g/mol. The van der Waals surface area contributed by atoms with Crippen LogP contribution >= 0.6 is 0 Å². The molecular formula is C10H10O2. The Labute approximate surface area is 71.2 Å².